The lowest BCUT2D eigenvalue weighted by Gasteiger charge is -2.13. The highest BCUT2D eigenvalue weighted by molar-refractivity contribution is 7.98. The Labute approximate surface area is 113 Å². The molecule has 6 nitrogen and oxygen atoms in total. The van der Waals surface area contributed by atoms with Crippen LogP contribution >= 0.6 is 23.3 Å². The number of hydrogen-bond acceptors (Lipinski definition) is 6. The average molecular weight is 289 g/mol. The van der Waals surface area contributed by atoms with Crippen molar-refractivity contribution >= 4 is 35.2 Å². The second-order valence-electron chi connectivity index (χ2n) is 3.55. The van der Waals surface area contributed by atoms with Gasteiger partial charge in [-0.2, -0.15) is 11.8 Å². The maximum Gasteiger partial charge on any atom is 0.326 e. The molecule has 0 aliphatic rings. The van der Waals surface area contributed by atoms with Gasteiger partial charge in [-0.05, 0) is 36.4 Å². The summed E-state index contributed by atoms with van der Waals surface area (Å²) in [5.41, 5.74) is 0.603. The molecule has 8 heteroatoms. The lowest BCUT2D eigenvalue weighted by molar-refractivity contribution is -0.139. The molecule has 0 fully saturated rings. The maximum absolute atomic E-state index is 11.9. The Kier molecular flexibility index (Phi) is 6.06. The molecule has 0 aliphatic heterocycles. The van der Waals surface area contributed by atoms with E-state index in [1.807, 2.05) is 13.2 Å². The summed E-state index contributed by atoms with van der Waals surface area (Å²) in [4.78, 5) is 23.3. The number of carboxylic acids is 1. The largest absolute Gasteiger partial charge is 0.480 e. The van der Waals surface area contributed by atoms with Crippen molar-refractivity contribution in [1.29, 1.82) is 0 Å². The van der Waals surface area contributed by atoms with E-state index in [9.17, 15) is 9.59 Å². The number of rotatable bonds is 7. The van der Waals surface area contributed by atoms with Gasteiger partial charge in [0.25, 0.3) is 5.91 Å². The van der Waals surface area contributed by atoms with Crippen LogP contribution in [0.25, 0.3) is 0 Å². The summed E-state index contributed by atoms with van der Waals surface area (Å²) in [6, 6.07) is -0.864. The third-order valence-electron chi connectivity index (χ3n) is 2.31. The fourth-order valence-electron chi connectivity index (χ4n) is 1.33. The van der Waals surface area contributed by atoms with Gasteiger partial charge in [0.15, 0.2) is 0 Å². The normalized spacial score (nSPS) is 12.1. The van der Waals surface area contributed by atoms with Gasteiger partial charge in [-0.15, -0.1) is 5.10 Å². The summed E-state index contributed by atoms with van der Waals surface area (Å²) in [7, 11) is 0. The lowest BCUT2D eigenvalue weighted by Crippen LogP contribution is -2.41. The van der Waals surface area contributed by atoms with Crippen molar-refractivity contribution in [1.82, 2.24) is 14.9 Å². The van der Waals surface area contributed by atoms with Gasteiger partial charge >= 0.3 is 5.97 Å². The number of hydrogen-bond donors (Lipinski definition) is 2. The quantitative estimate of drug-likeness (QED) is 0.779. The highest BCUT2D eigenvalue weighted by Crippen LogP contribution is 2.12. The molecule has 1 rings (SSSR count). The molecule has 1 atom stereocenters. The number of carboxylic acid groups (broad SMARTS) is 1. The summed E-state index contributed by atoms with van der Waals surface area (Å²) < 4.78 is 3.71. The molecule has 1 amide bonds. The van der Waals surface area contributed by atoms with Crippen LogP contribution < -0.4 is 5.32 Å². The SMILES string of the molecule is CCc1nnsc1C(=O)N[C@H](CCSC)C(=O)O. The first-order chi connectivity index (χ1) is 8.60. The van der Waals surface area contributed by atoms with E-state index in [2.05, 4.69) is 14.9 Å². The number of aryl methyl sites for hydroxylation is 1. The molecular formula is C10H15N3O3S2. The van der Waals surface area contributed by atoms with Gasteiger partial charge in [0, 0.05) is 0 Å². The van der Waals surface area contributed by atoms with E-state index in [-0.39, 0.29) is 0 Å². The Bertz CT molecular complexity index is 422. The van der Waals surface area contributed by atoms with Crippen molar-refractivity contribution < 1.29 is 14.7 Å². The summed E-state index contributed by atoms with van der Waals surface area (Å²) in [5, 5.41) is 15.4. The summed E-state index contributed by atoms with van der Waals surface area (Å²) in [6.07, 6.45) is 2.89. The second kappa shape index (κ2) is 7.32. The van der Waals surface area contributed by atoms with Crippen molar-refractivity contribution in [3.8, 4) is 0 Å². The number of carbonyl (C=O) groups is 2. The van der Waals surface area contributed by atoms with Crippen LogP contribution in [0.4, 0.5) is 0 Å². The van der Waals surface area contributed by atoms with Gasteiger partial charge in [0.1, 0.15) is 10.9 Å². The zero-order valence-corrected chi connectivity index (χ0v) is 11.8. The molecule has 2 N–H and O–H groups in total. The van der Waals surface area contributed by atoms with E-state index in [1.54, 1.807) is 11.8 Å². The van der Waals surface area contributed by atoms with E-state index in [0.29, 0.717) is 29.2 Å². The highest BCUT2D eigenvalue weighted by atomic mass is 32.2. The number of thioether (sulfide) groups is 1. The van der Waals surface area contributed by atoms with E-state index in [4.69, 9.17) is 5.11 Å². The van der Waals surface area contributed by atoms with Crippen molar-refractivity contribution in [2.75, 3.05) is 12.0 Å². The smallest absolute Gasteiger partial charge is 0.326 e. The molecule has 18 heavy (non-hydrogen) atoms. The monoisotopic (exact) mass is 289 g/mol. The summed E-state index contributed by atoms with van der Waals surface area (Å²) in [5.74, 6) is -0.748. The molecule has 1 aromatic heterocycles. The van der Waals surface area contributed by atoms with Crippen LogP contribution in [0.15, 0.2) is 0 Å². The van der Waals surface area contributed by atoms with E-state index in [1.165, 1.54) is 0 Å². The van der Waals surface area contributed by atoms with Crippen LogP contribution in [0, 0.1) is 0 Å². The molecular weight excluding hydrogens is 274 g/mol. The first-order valence-electron chi connectivity index (χ1n) is 5.44. The van der Waals surface area contributed by atoms with Gasteiger partial charge in [-0.1, -0.05) is 11.4 Å². The summed E-state index contributed by atoms with van der Waals surface area (Å²) in [6.45, 7) is 1.87. The molecule has 0 aromatic carbocycles. The molecule has 0 radical (unpaired) electrons. The molecule has 0 bridgehead atoms. The van der Waals surface area contributed by atoms with Crippen LogP contribution in [0.2, 0.25) is 0 Å². The Hall–Kier alpha value is -1.15. The number of aromatic nitrogens is 2. The maximum atomic E-state index is 11.9. The fraction of sp³-hybridized carbons (Fsp3) is 0.600. The Balaban J connectivity index is 2.69. The van der Waals surface area contributed by atoms with Gasteiger partial charge < -0.3 is 10.4 Å². The molecule has 0 unspecified atom stereocenters. The van der Waals surface area contributed by atoms with Gasteiger partial charge in [-0.3, -0.25) is 4.79 Å². The van der Waals surface area contributed by atoms with E-state index in [0.717, 1.165) is 11.5 Å². The topological polar surface area (TPSA) is 92.2 Å². The van der Waals surface area contributed by atoms with Gasteiger partial charge in [0.05, 0.1) is 5.69 Å². The minimum Gasteiger partial charge on any atom is -0.480 e. The van der Waals surface area contributed by atoms with Crippen molar-refractivity contribution in [2.24, 2.45) is 0 Å². The zero-order valence-electron chi connectivity index (χ0n) is 10.2. The molecule has 1 aromatic rings. The van der Waals surface area contributed by atoms with Crippen LogP contribution in [0.1, 0.15) is 28.7 Å². The molecule has 1 heterocycles. The minimum atomic E-state index is -1.02. The third-order valence-corrected chi connectivity index (χ3v) is 3.72. The Morgan fingerprint density at radius 3 is 2.83 bits per heavy atom. The van der Waals surface area contributed by atoms with Crippen LogP contribution in [-0.2, 0) is 11.2 Å². The predicted molar refractivity (Wildman–Crippen MR) is 71.2 cm³/mol. The molecule has 0 saturated heterocycles. The molecule has 100 valence electrons. The number of amides is 1. The van der Waals surface area contributed by atoms with Crippen LogP contribution in [-0.4, -0.2) is 44.6 Å². The van der Waals surface area contributed by atoms with Crippen molar-refractivity contribution in [3.05, 3.63) is 10.6 Å². The number of nitrogens with one attached hydrogen (secondary N) is 1. The second-order valence-corrected chi connectivity index (χ2v) is 5.29. The molecule has 0 spiro atoms. The first-order valence-corrected chi connectivity index (χ1v) is 7.60. The number of aliphatic carboxylic acids is 1. The predicted octanol–water partition coefficient (Wildman–Crippen LogP) is 1.04. The molecule has 0 aliphatic carbocycles. The minimum absolute atomic E-state index is 0.396. The van der Waals surface area contributed by atoms with Crippen LogP contribution in [0.3, 0.4) is 0 Å². The first kappa shape index (κ1) is 14.9. The molecule has 0 saturated carbocycles. The highest BCUT2D eigenvalue weighted by Gasteiger charge is 2.23. The van der Waals surface area contributed by atoms with E-state index < -0.39 is 17.9 Å². The average Bonchev–Trinajstić information content (AvgIpc) is 2.82. The van der Waals surface area contributed by atoms with Gasteiger partial charge in [0.2, 0.25) is 0 Å². The van der Waals surface area contributed by atoms with Crippen molar-refractivity contribution in [3.63, 3.8) is 0 Å². The third kappa shape index (κ3) is 3.95. The Morgan fingerprint density at radius 1 is 1.56 bits per heavy atom. The number of carbonyl (C=O) groups excluding carboxylic acids is 1. The standard InChI is InChI=1S/C10H15N3O3S2/c1-3-6-8(18-13-12-6)9(14)11-7(10(15)16)4-5-17-2/h7H,3-5H2,1-2H3,(H,11,14)(H,15,16)/t7-/m1/s1. The number of nitrogens with zero attached hydrogens (tertiary/aromatic N) is 2. The summed E-state index contributed by atoms with van der Waals surface area (Å²) >= 11 is 2.53. The fourth-order valence-corrected chi connectivity index (χ4v) is 2.45. The zero-order chi connectivity index (χ0) is 13.5. The van der Waals surface area contributed by atoms with Crippen LogP contribution in [0.5, 0.6) is 0 Å². The van der Waals surface area contributed by atoms with Gasteiger partial charge in [-0.25, -0.2) is 4.79 Å². The van der Waals surface area contributed by atoms with E-state index >= 15 is 0 Å². The van der Waals surface area contributed by atoms with Crippen molar-refractivity contribution in [2.45, 2.75) is 25.8 Å². The lowest BCUT2D eigenvalue weighted by atomic mass is 10.2. The Morgan fingerprint density at radius 2 is 2.28 bits per heavy atom.